The molecular formula is C28H24N2O5. The second-order valence-electron chi connectivity index (χ2n) is 7.72. The number of aryl methyl sites for hydroxylation is 1. The first kappa shape index (κ1) is 23.5. The molecule has 0 bridgehead atoms. The molecule has 7 nitrogen and oxygen atoms in total. The Labute approximate surface area is 202 Å². The molecule has 0 saturated heterocycles. The van der Waals surface area contributed by atoms with Gasteiger partial charge in [0.25, 0.3) is 5.91 Å². The molecule has 0 aromatic heterocycles. The minimum absolute atomic E-state index is 0.332. The lowest BCUT2D eigenvalue weighted by Gasteiger charge is -2.11. The second-order valence-corrected chi connectivity index (χ2v) is 7.72. The maximum atomic E-state index is 12.7. The van der Waals surface area contributed by atoms with E-state index in [2.05, 4.69) is 10.5 Å². The summed E-state index contributed by atoms with van der Waals surface area (Å²) in [5.74, 6) is 0.371. The van der Waals surface area contributed by atoms with Crippen LogP contribution in [0.3, 0.4) is 0 Å². The molecule has 4 rings (SSSR count). The third-order valence-electron chi connectivity index (χ3n) is 5.43. The zero-order chi connectivity index (χ0) is 24.8. The van der Waals surface area contributed by atoms with Gasteiger partial charge in [-0.3, -0.25) is 4.79 Å². The van der Waals surface area contributed by atoms with E-state index in [0.717, 1.165) is 16.3 Å². The Bertz CT molecular complexity index is 1410. The minimum Gasteiger partial charge on any atom is -0.493 e. The highest BCUT2D eigenvalue weighted by Crippen LogP contribution is 2.28. The highest BCUT2D eigenvalue weighted by molar-refractivity contribution is 6.04. The van der Waals surface area contributed by atoms with Crippen LogP contribution in [0.4, 0.5) is 0 Å². The number of hydrazone groups is 1. The fourth-order valence-electron chi connectivity index (χ4n) is 3.54. The van der Waals surface area contributed by atoms with Crippen molar-refractivity contribution >= 4 is 28.9 Å². The summed E-state index contributed by atoms with van der Waals surface area (Å²) in [5, 5.41) is 5.90. The van der Waals surface area contributed by atoms with Crippen LogP contribution in [0.15, 0.2) is 84.0 Å². The van der Waals surface area contributed by atoms with Crippen molar-refractivity contribution < 1.29 is 23.8 Å². The van der Waals surface area contributed by atoms with Crippen LogP contribution in [0.5, 0.6) is 17.2 Å². The number of esters is 1. The van der Waals surface area contributed by atoms with Crippen molar-refractivity contribution in [3.8, 4) is 17.2 Å². The molecule has 4 aromatic carbocycles. The number of nitrogens with one attached hydrogen (secondary N) is 1. The Morgan fingerprint density at radius 3 is 2.23 bits per heavy atom. The molecule has 35 heavy (non-hydrogen) atoms. The molecule has 0 aliphatic heterocycles. The van der Waals surface area contributed by atoms with Gasteiger partial charge >= 0.3 is 5.97 Å². The van der Waals surface area contributed by atoms with E-state index in [4.69, 9.17) is 14.2 Å². The SMILES string of the molecule is COc1ccc(C(=O)NN=Cc2c(OC(=O)c3ccc(C)cc3)ccc3ccccc23)cc1OC. The number of ether oxygens (including phenoxy) is 3. The Balaban J connectivity index is 1.60. The summed E-state index contributed by atoms with van der Waals surface area (Å²) in [6.45, 7) is 1.95. The molecule has 176 valence electrons. The van der Waals surface area contributed by atoms with Crippen molar-refractivity contribution in [2.75, 3.05) is 14.2 Å². The Morgan fingerprint density at radius 2 is 1.49 bits per heavy atom. The van der Waals surface area contributed by atoms with Gasteiger partial charge in [-0.25, -0.2) is 10.2 Å². The van der Waals surface area contributed by atoms with Gasteiger partial charge in [0.2, 0.25) is 0 Å². The average Bonchev–Trinajstić information content (AvgIpc) is 2.89. The number of amides is 1. The molecule has 0 radical (unpaired) electrons. The van der Waals surface area contributed by atoms with Crippen LogP contribution in [0.2, 0.25) is 0 Å². The van der Waals surface area contributed by atoms with E-state index in [1.165, 1.54) is 20.4 Å². The molecule has 0 aliphatic rings. The van der Waals surface area contributed by atoms with Gasteiger partial charge in [0, 0.05) is 11.1 Å². The van der Waals surface area contributed by atoms with E-state index in [0.29, 0.717) is 33.9 Å². The molecule has 0 heterocycles. The number of fused-ring (bicyclic) bond motifs is 1. The Kier molecular flexibility index (Phi) is 7.07. The molecule has 0 unspecified atom stereocenters. The number of methoxy groups -OCH3 is 2. The summed E-state index contributed by atoms with van der Waals surface area (Å²) in [5.41, 5.74) is 4.91. The van der Waals surface area contributed by atoms with E-state index in [1.807, 2.05) is 49.4 Å². The van der Waals surface area contributed by atoms with Crippen LogP contribution >= 0.6 is 0 Å². The first-order valence-electron chi connectivity index (χ1n) is 10.9. The molecule has 7 heteroatoms. The number of carbonyl (C=O) groups is 2. The highest BCUT2D eigenvalue weighted by Gasteiger charge is 2.14. The monoisotopic (exact) mass is 468 g/mol. The van der Waals surface area contributed by atoms with Gasteiger partial charge in [-0.2, -0.15) is 5.10 Å². The maximum Gasteiger partial charge on any atom is 0.343 e. The summed E-state index contributed by atoms with van der Waals surface area (Å²) in [6, 6.07) is 23.2. The number of nitrogens with zero attached hydrogens (tertiary/aromatic N) is 1. The topological polar surface area (TPSA) is 86.2 Å². The quantitative estimate of drug-likeness (QED) is 0.175. The molecule has 1 N–H and O–H groups in total. The first-order chi connectivity index (χ1) is 17.0. The molecule has 0 aliphatic carbocycles. The zero-order valence-electron chi connectivity index (χ0n) is 19.6. The van der Waals surface area contributed by atoms with Crippen LogP contribution in [0, 0.1) is 6.92 Å². The van der Waals surface area contributed by atoms with Crippen LogP contribution in [-0.2, 0) is 0 Å². The van der Waals surface area contributed by atoms with Gasteiger partial charge in [-0.05, 0) is 54.1 Å². The van der Waals surface area contributed by atoms with Crippen LogP contribution in [0.1, 0.15) is 31.8 Å². The van der Waals surface area contributed by atoms with Gasteiger partial charge in [0.1, 0.15) is 5.75 Å². The van der Waals surface area contributed by atoms with Crippen LogP contribution in [-0.4, -0.2) is 32.3 Å². The van der Waals surface area contributed by atoms with Gasteiger partial charge in [0.15, 0.2) is 11.5 Å². The highest BCUT2D eigenvalue weighted by atomic mass is 16.5. The fourth-order valence-corrected chi connectivity index (χ4v) is 3.54. The molecular weight excluding hydrogens is 444 g/mol. The van der Waals surface area contributed by atoms with Crippen molar-refractivity contribution in [1.29, 1.82) is 0 Å². The maximum absolute atomic E-state index is 12.7. The fraction of sp³-hybridized carbons (Fsp3) is 0.107. The largest absolute Gasteiger partial charge is 0.493 e. The standard InChI is InChI=1S/C28H24N2O5/c1-18-8-10-20(11-9-18)28(32)35-24-14-12-19-6-4-5-7-22(19)23(24)17-29-30-27(31)21-13-15-25(33-2)26(16-21)34-3/h4-17H,1-3H3,(H,30,31). The number of carbonyl (C=O) groups excluding carboxylic acids is 2. The van der Waals surface area contributed by atoms with Crippen LogP contribution in [0.25, 0.3) is 10.8 Å². The Hall–Kier alpha value is -4.65. The van der Waals surface area contributed by atoms with E-state index >= 15 is 0 Å². The molecule has 1 amide bonds. The van der Waals surface area contributed by atoms with Gasteiger partial charge < -0.3 is 14.2 Å². The normalized spacial score (nSPS) is 10.8. The smallest absolute Gasteiger partial charge is 0.343 e. The van der Waals surface area contributed by atoms with E-state index in [-0.39, 0.29) is 0 Å². The number of rotatable bonds is 7. The summed E-state index contributed by atoms with van der Waals surface area (Å²) in [4.78, 5) is 25.4. The van der Waals surface area contributed by atoms with Gasteiger partial charge in [-0.1, -0.05) is 48.0 Å². The predicted octanol–water partition coefficient (Wildman–Crippen LogP) is 5.15. The van der Waals surface area contributed by atoms with Crippen LogP contribution < -0.4 is 19.6 Å². The van der Waals surface area contributed by atoms with Crippen molar-refractivity contribution in [1.82, 2.24) is 5.43 Å². The zero-order valence-corrected chi connectivity index (χ0v) is 19.6. The summed E-state index contributed by atoms with van der Waals surface area (Å²) >= 11 is 0. The number of hydrogen-bond acceptors (Lipinski definition) is 6. The van der Waals surface area contributed by atoms with Gasteiger partial charge in [0.05, 0.1) is 26.0 Å². The van der Waals surface area contributed by atoms with Crippen molar-refractivity contribution in [2.24, 2.45) is 5.10 Å². The summed E-state index contributed by atoms with van der Waals surface area (Å²) in [7, 11) is 3.02. The van der Waals surface area contributed by atoms with Crippen molar-refractivity contribution in [2.45, 2.75) is 6.92 Å². The number of hydrogen-bond donors (Lipinski definition) is 1. The molecule has 0 fully saturated rings. The van der Waals surface area contributed by atoms with E-state index in [9.17, 15) is 9.59 Å². The average molecular weight is 469 g/mol. The molecule has 0 atom stereocenters. The summed E-state index contributed by atoms with van der Waals surface area (Å²) < 4.78 is 16.2. The second kappa shape index (κ2) is 10.5. The first-order valence-corrected chi connectivity index (χ1v) is 10.9. The lowest BCUT2D eigenvalue weighted by Crippen LogP contribution is -2.18. The summed E-state index contributed by atoms with van der Waals surface area (Å²) in [6.07, 6.45) is 1.47. The molecule has 4 aromatic rings. The third kappa shape index (κ3) is 5.30. The molecule has 0 spiro atoms. The van der Waals surface area contributed by atoms with Crippen molar-refractivity contribution in [3.05, 3.63) is 101 Å². The van der Waals surface area contributed by atoms with E-state index < -0.39 is 11.9 Å². The number of benzene rings is 4. The third-order valence-corrected chi connectivity index (χ3v) is 5.43. The molecule has 0 saturated carbocycles. The predicted molar refractivity (Wildman–Crippen MR) is 135 cm³/mol. The van der Waals surface area contributed by atoms with Gasteiger partial charge in [-0.15, -0.1) is 0 Å². The Morgan fingerprint density at radius 1 is 0.800 bits per heavy atom. The van der Waals surface area contributed by atoms with E-state index in [1.54, 1.807) is 36.4 Å². The minimum atomic E-state index is -0.482. The van der Waals surface area contributed by atoms with Crippen molar-refractivity contribution in [3.63, 3.8) is 0 Å². The lowest BCUT2D eigenvalue weighted by atomic mass is 10.0. The lowest BCUT2D eigenvalue weighted by molar-refractivity contribution is 0.0734.